The Bertz CT molecular complexity index is 620. The first-order valence-corrected chi connectivity index (χ1v) is 7.57. The van der Waals surface area contributed by atoms with Crippen LogP contribution in [0.2, 0.25) is 0 Å². The highest BCUT2D eigenvalue weighted by atomic mass is 15.2. The van der Waals surface area contributed by atoms with Crippen molar-refractivity contribution in [3.8, 4) is 0 Å². The third-order valence-electron chi connectivity index (χ3n) is 4.57. The summed E-state index contributed by atoms with van der Waals surface area (Å²) in [6.45, 7) is 3.38. The third-order valence-corrected chi connectivity index (χ3v) is 4.57. The predicted octanol–water partition coefficient (Wildman–Crippen LogP) is 3.65. The minimum Gasteiger partial charge on any atom is -0.383 e. The zero-order valence-corrected chi connectivity index (χ0v) is 11.7. The molecule has 0 spiro atoms. The molecule has 1 aliphatic carbocycles. The van der Waals surface area contributed by atoms with Crippen molar-refractivity contribution in [2.75, 3.05) is 29.9 Å². The second-order valence-electron chi connectivity index (χ2n) is 5.84. The van der Waals surface area contributed by atoms with Crippen LogP contribution in [0.5, 0.6) is 0 Å². The third kappa shape index (κ3) is 1.96. The molecule has 0 amide bonds. The molecule has 2 nitrogen and oxygen atoms in total. The van der Waals surface area contributed by atoms with Crippen LogP contribution in [0.25, 0.3) is 0 Å². The molecule has 0 fully saturated rings. The Labute approximate surface area is 120 Å². The summed E-state index contributed by atoms with van der Waals surface area (Å²) in [6, 6.07) is 17.6. The molecule has 1 unspecified atom stereocenters. The summed E-state index contributed by atoms with van der Waals surface area (Å²) < 4.78 is 0. The van der Waals surface area contributed by atoms with Crippen LogP contribution >= 0.6 is 0 Å². The predicted molar refractivity (Wildman–Crippen MR) is 84.6 cm³/mol. The van der Waals surface area contributed by atoms with E-state index >= 15 is 0 Å². The topological polar surface area (TPSA) is 15.3 Å². The first-order valence-electron chi connectivity index (χ1n) is 7.57. The van der Waals surface area contributed by atoms with Crippen LogP contribution in [0.4, 0.5) is 11.4 Å². The molecule has 0 saturated heterocycles. The lowest BCUT2D eigenvalue weighted by molar-refractivity contribution is 0.580. The van der Waals surface area contributed by atoms with E-state index in [1.165, 1.54) is 24.2 Å². The summed E-state index contributed by atoms with van der Waals surface area (Å²) in [7, 11) is 0. The van der Waals surface area contributed by atoms with Crippen LogP contribution in [0.1, 0.15) is 23.5 Å². The van der Waals surface area contributed by atoms with Crippen LogP contribution < -0.4 is 10.2 Å². The Morgan fingerprint density at radius 2 is 1.90 bits per heavy atom. The van der Waals surface area contributed by atoms with Crippen molar-refractivity contribution in [3.05, 3.63) is 59.7 Å². The molecule has 1 heterocycles. The van der Waals surface area contributed by atoms with Crippen molar-refractivity contribution in [1.29, 1.82) is 0 Å². The summed E-state index contributed by atoms with van der Waals surface area (Å²) in [4.78, 5) is 2.57. The number of nitrogens with zero attached hydrogens (tertiary/aromatic N) is 1. The molecular weight excluding hydrogens is 244 g/mol. The minimum absolute atomic E-state index is 0.706. The lowest BCUT2D eigenvalue weighted by Crippen LogP contribution is -2.34. The Morgan fingerprint density at radius 1 is 1.05 bits per heavy atom. The number of hydrogen-bond acceptors (Lipinski definition) is 2. The van der Waals surface area contributed by atoms with E-state index in [0.29, 0.717) is 5.92 Å². The zero-order chi connectivity index (χ0) is 13.4. The van der Waals surface area contributed by atoms with Crippen molar-refractivity contribution in [3.63, 3.8) is 0 Å². The van der Waals surface area contributed by atoms with Gasteiger partial charge in [0.2, 0.25) is 0 Å². The quantitative estimate of drug-likeness (QED) is 0.890. The Hall–Kier alpha value is -1.96. The fraction of sp³-hybridized carbons (Fsp3) is 0.333. The number of nitrogens with one attached hydrogen (secondary N) is 1. The number of para-hydroxylation sites is 2. The highest BCUT2D eigenvalue weighted by Gasteiger charge is 2.28. The Kier molecular flexibility index (Phi) is 2.87. The molecule has 0 bridgehead atoms. The van der Waals surface area contributed by atoms with Gasteiger partial charge in [-0.05, 0) is 36.1 Å². The fourth-order valence-corrected chi connectivity index (χ4v) is 3.49. The van der Waals surface area contributed by atoms with Crippen LogP contribution in [0, 0.1) is 0 Å². The molecule has 1 atom stereocenters. The first-order chi connectivity index (χ1) is 9.92. The number of benzene rings is 2. The van der Waals surface area contributed by atoms with E-state index in [1.807, 2.05) is 0 Å². The van der Waals surface area contributed by atoms with Gasteiger partial charge in [-0.1, -0.05) is 36.4 Å². The summed E-state index contributed by atoms with van der Waals surface area (Å²) in [6.07, 6.45) is 2.45. The van der Waals surface area contributed by atoms with E-state index in [-0.39, 0.29) is 0 Å². The first kappa shape index (κ1) is 11.8. The van der Waals surface area contributed by atoms with Gasteiger partial charge in [0, 0.05) is 25.6 Å². The van der Waals surface area contributed by atoms with Crippen LogP contribution in [0.3, 0.4) is 0 Å². The normalized spacial score (nSPS) is 20.2. The van der Waals surface area contributed by atoms with Gasteiger partial charge in [-0.25, -0.2) is 0 Å². The van der Waals surface area contributed by atoms with Crippen molar-refractivity contribution >= 4 is 11.4 Å². The summed E-state index contributed by atoms with van der Waals surface area (Å²) >= 11 is 0. The van der Waals surface area contributed by atoms with Crippen molar-refractivity contribution in [2.45, 2.75) is 18.8 Å². The summed E-state index contributed by atoms with van der Waals surface area (Å²) in [5, 5.41) is 3.54. The summed E-state index contributed by atoms with van der Waals surface area (Å²) in [5.41, 5.74) is 5.76. The van der Waals surface area contributed by atoms with Gasteiger partial charge in [-0.15, -0.1) is 0 Å². The maximum Gasteiger partial charge on any atom is 0.0602 e. The average Bonchev–Trinajstić information content (AvgIpc) is 2.67. The van der Waals surface area contributed by atoms with Crippen molar-refractivity contribution in [1.82, 2.24) is 0 Å². The smallest absolute Gasteiger partial charge is 0.0602 e. The molecule has 102 valence electrons. The Balaban J connectivity index is 1.58. The molecule has 0 saturated carbocycles. The number of fused-ring (bicyclic) bond motifs is 2. The van der Waals surface area contributed by atoms with E-state index in [1.54, 1.807) is 11.1 Å². The molecule has 1 aliphatic heterocycles. The van der Waals surface area contributed by atoms with Crippen LogP contribution in [-0.2, 0) is 6.42 Å². The second kappa shape index (κ2) is 4.86. The molecular formula is C18H20N2. The number of hydrogen-bond donors (Lipinski definition) is 1. The second-order valence-corrected chi connectivity index (χ2v) is 5.84. The van der Waals surface area contributed by atoms with E-state index < -0.39 is 0 Å². The largest absolute Gasteiger partial charge is 0.383 e. The highest BCUT2D eigenvalue weighted by molar-refractivity contribution is 5.71. The van der Waals surface area contributed by atoms with Gasteiger partial charge in [-0.2, -0.15) is 0 Å². The van der Waals surface area contributed by atoms with E-state index in [4.69, 9.17) is 0 Å². The molecule has 2 aliphatic rings. The average molecular weight is 264 g/mol. The lowest BCUT2D eigenvalue weighted by atomic mass is 9.77. The maximum atomic E-state index is 3.54. The van der Waals surface area contributed by atoms with Gasteiger partial charge in [0.05, 0.1) is 11.4 Å². The Morgan fingerprint density at radius 3 is 2.85 bits per heavy atom. The van der Waals surface area contributed by atoms with Crippen molar-refractivity contribution < 1.29 is 0 Å². The summed E-state index contributed by atoms with van der Waals surface area (Å²) in [5.74, 6) is 0.706. The number of anilines is 2. The molecule has 2 aromatic carbocycles. The molecule has 0 radical (unpaired) electrons. The van der Waals surface area contributed by atoms with Gasteiger partial charge in [0.15, 0.2) is 0 Å². The lowest BCUT2D eigenvalue weighted by Gasteiger charge is -2.36. The fourth-order valence-electron chi connectivity index (χ4n) is 3.49. The SMILES string of the molecule is c1ccc2c(c1)CC2CN1CCCNc2ccccc21. The minimum atomic E-state index is 0.706. The standard InChI is InChI=1S/C18H20N2/c1-2-7-16-14(6-1)12-15(16)13-20-11-5-10-19-17-8-3-4-9-18(17)20/h1-4,6-9,15,19H,5,10-13H2. The van der Waals surface area contributed by atoms with Crippen LogP contribution in [-0.4, -0.2) is 19.6 Å². The molecule has 2 aromatic rings. The molecule has 2 heteroatoms. The molecule has 4 rings (SSSR count). The molecule has 20 heavy (non-hydrogen) atoms. The van der Waals surface area contributed by atoms with Gasteiger partial charge >= 0.3 is 0 Å². The van der Waals surface area contributed by atoms with E-state index in [9.17, 15) is 0 Å². The zero-order valence-electron chi connectivity index (χ0n) is 11.7. The molecule has 0 aromatic heterocycles. The molecule has 1 N–H and O–H groups in total. The highest BCUT2D eigenvalue weighted by Crippen LogP contribution is 2.37. The van der Waals surface area contributed by atoms with Gasteiger partial charge in [-0.3, -0.25) is 0 Å². The maximum absolute atomic E-state index is 3.54. The van der Waals surface area contributed by atoms with Gasteiger partial charge in [0.1, 0.15) is 0 Å². The van der Waals surface area contributed by atoms with Gasteiger partial charge in [0.25, 0.3) is 0 Å². The number of rotatable bonds is 2. The van der Waals surface area contributed by atoms with Crippen molar-refractivity contribution in [2.24, 2.45) is 0 Å². The monoisotopic (exact) mass is 264 g/mol. The van der Waals surface area contributed by atoms with E-state index in [0.717, 1.165) is 19.6 Å². The van der Waals surface area contributed by atoms with Crippen LogP contribution in [0.15, 0.2) is 48.5 Å². The van der Waals surface area contributed by atoms with E-state index in [2.05, 4.69) is 58.7 Å². The van der Waals surface area contributed by atoms with Gasteiger partial charge < -0.3 is 10.2 Å².